The average Bonchev–Trinajstić information content (AvgIpc) is 2.48. The average molecular weight is 294 g/mol. The van der Waals surface area contributed by atoms with E-state index in [1.165, 1.54) is 0 Å². The third-order valence-electron chi connectivity index (χ3n) is 2.75. The molecule has 1 rings (SSSR count). The van der Waals surface area contributed by atoms with E-state index in [0.29, 0.717) is 19.6 Å². The number of carbonyl (C=O) groups excluding carboxylic acids is 2. The minimum Gasteiger partial charge on any atom is -0.497 e. The van der Waals surface area contributed by atoms with Crippen LogP contribution >= 0.6 is 0 Å². The van der Waals surface area contributed by atoms with Crippen molar-refractivity contribution >= 4 is 12.0 Å². The van der Waals surface area contributed by atoms with Crippen LogP contribution in [-0.4, -0.2) is 38.8 Å². The summed E-state index contributed by atoms with van der Waals surface area (Å²) in [5.41, 5.74) is 1.08. The van der Waals surface area contributed by atoms with Crippen molar-refractivity contribution < 1.29 is 19.1 Å². The second kappa shape index (κ2) is 9.63. The highest BCUT2D eigenvalue weighted by Gasteiger charge is 2.04. The Kier molecular flexibility index (Phi) is 7.71. The van der Waals surface area contributed by atoms with Gasteiger partial charge in [0.2, 0.25) is 0 Å². The number of methoxy groups -OCH3 is 1. The number of esters is 1. The zero-order valence-corrected chi connectivity index (χ0v) is 12.5. The molecule has 0 saturated heterocycles. The van der Waals surface area contributed by atoms with Crippen LogP contribution in [0.5, 0.6) is 5.75 Å². The van der Waals surface area contributed by atoms with E-state index in [9.17, 15) is 9.59 Å². The molecule has 0 radical (unpaired) electrons. The molecule has 0 spiro atoms. The van der Waals surface area contributed by atoms with E-state index in [1.807, 2.05) is 24.3 Å². The number of hydrogen-bond donors (Lipinski definition) is 2. The smallest absolute Gasteiger partial charge is 0.314 e. The SMILES string of the molecule is CCOC(=O)CCNC(=O)NCCc1cccc(OC)c1. The lowest BCUT2D eigenvalue weighted by Crippen LogP contribution is -2.37. The van der Waals surface area contributed by atoms with E-state index in [1.54, 1.807) is 14.0 Å². The van der Waals surface area contributed by atoms with E-state index in [2.05, 4.69) is 10.6 Å². The normalized spacial score (nSPS) is 9.81. The Balaban J connectivity index is 2.17. The van der Waals surface area contributed by atoms with Gasteiger partial charge in [-0.05, 0) is 31.0 Å². The second-order valence-electron chi connectivity index (χ2n) is 4.34. The Morgan fingerprint density at radius 2 is 1.95 bits per heavy atom. The quantitative estimate of drug-likeness (QED) is 0.712. The number of benzene rings is 1. The van der Waals surface area contributed by atoms with Gasteiger partial charge >= 0.3 is 12.0 Å². The standard InChI is InChI=1S/C15H22N2O4/c1-3-21-14(18)8-10-17-15(19)16-9-7-12-5-4-6-13(11-12)20-2/h4-6,11H,3,7-10H2,1-2H3,(H2,16,17,19). The fraction of sp³-hybridized carbons (Fsp3) is 0.467. The Bertz CT molecular complexity index is 463. The van der Waals surface area contributed by atoms with Crippen molar-refractivity contribution in [1.29, 1.82) is 0 Å². The number of nitrogens with one attached hydrogen (secondary N) is 2. The van der Waals surface area contributed by atoms with Gasteiger partial charge in [-0.1, -0.05) is 12.1 Å². The lowest BCUT2D eigenvalue weighted by atomic mass is 10.1. The maximum absolute atomic E-state index is 11.5. The lowest BCUT2D eigenvalue weighted by Gasteiger charge is -2.08. The molecule has 0 aliphatic heterocycles. The van der Waals surface area contributed by atoms with Crippen LogP contribution in [0.25, 0.3) is 0 Å². The van der Waals surface area contributed by atoms with Crippen LogP contribution in [0.3, 0.4) is 0 Å². The molecule has 6 heteroatoms. The van der Waals surface area contributed by atoms with E-state index in [4.69, 9.17) is 9.47 Å². The predicted molar refractivity (Wildman–Crippen MR) is 79.3 cm³/mol. The first kappa shape index (κ1) is 16.8. The van der Waals surface area contributed by atoms with Crippen molar-refractivity contribution in [2.24, 2.45) is 0 Å². The van der Waals surface area contributed by atoms with E-state index in [0.717, 1.165) is 11.3 Å². The largest absolute Gasteiger partial charge is 0.497 e. The summed E-state index contributed by atoms with van der Waals surface area (Å²) in [6.45, 7) is 2.88. The Hall–Kier alpha value is -2.24. The fourth-order valence-electron chi connectivity index (χ4n) is 1.72. The lowest BCUT2D eigenvalue weighted by molar-refractivity contribution is -0.142. The number of ether oxygens (including phenoxy) is 2. The molecule has 0 atom stereocenters. The summed E-state index contributed by atoms with van der Waals surface area (Å²) in [5, 5.41) is 5.34. The van der Waals surface area contributed by atoms with Crippen LogP contribution in [0.1, 0.15) is 18.9 Å². The van der Waals surface area contributed by atoms with Crippen molar-refractivity contribution in [2.75, 3.05) is 26.8 Å². The molecule has 116 valence electrons. The number of carbonyl (C=O) groups is 2. The summed E-state index contributed by atoms with van der Waals surface area (Å²) in [6, 6.07) is 7.40. The summed E-state index contributed by atoms with van der Waals surface area (Å²) in [6.07, 6.45) is 0.889. The van der Waals surface area contributed by atoms with Gasteiger partial charge < -0.3 is 20.1 Å². The summed E-state index contributed by atoms with van der Waals surface area (Å²) in [7, 11) is 1.62. The van der Waals surface area contributed by atoms with Crippen molar-refractivity contribution in [1.82, 2.24) is 10.6 Å². The molecule has 0 aromatic heterocycles. The van der Waals surface area contributed by atoms with Crippen molar-refractivity contribution in [3.05, 3.63) is 29.8 Å². The molecule has 1 aromatic carbocycles. The number of urea groups is 1. The minimum absolute atomic E-state index is 0.178. The van der Waals surface area contributed by atoms with Gasteiger partial charge in [0.1, 0.15) is 5.75 Å². The molecule has 1 aromatic rings. The highest BCUT2D eigenvalue weighted by Crippen LogP contribution is 2.12. The van der Waals surface area contributed by atoms with Crippen LogP contribution in [0, 0.1) is 0 Å². The third-order valence-corrected chi connectivity index (χ3v) is 2.75. The maximum Gasteiger partial charge on any atom is 0.314 e. The van der Waals surface area contributed by atoms with Gasteiger partial charge in [-0.3, -0.25) is 4.79 Å². The van der Waals surface area contributed by atoms with Crippen molar-refractivity contribution in [3.63, 3.8) is 0 Å². The number of hydrogen-bond acceptors (Lipinski definition) is 4. The van der Waals surface area contributed by atoms with Gasteiger partial charge in [0.05, 0.1) is 20.1 Å². The monoisotopic (exact) mass is 294 g/mol. The zero-order chi connectivity index (χ0) is 15.5. The maximum atomic E-state index is 11.5. The fourth-order valence-corrected chi connectivity index (χ4v) is 1.72. The van der Waals surface area contributed by atoms with Gasteiger partial charge in [-0.2, -0.15) is 0 Å². The van der Waals surface area contributed by atoms with Crippen LogP contribution in [-0.2, 0) is 16.0 Å². The van der Waals surface area contributed by atoms with E-state index >= 15 is 0 Å². The minimum atomic E-state index is -0.311. The summed E-state index contributed by atoms with van der Waals surface area (Å²) < 4.78 is 9.90. The molecule has 0 heterocycles. The second-order valence-corrected chi connectivity index (χ2v) is 4.34. The van der Waals surface area contributed by atoms with Gasteiger partial charge in [0.15, 0.2) is 0 Å². The molecule has 2 amide bonds. The molecule has 21 heavy (non-hydrogen) atoms. The summed E-state index contributed by atoms with van der Waals surface area (Å²) >= 11 is 0. The first-order chi connectivity index (χ1) is 10.2. The summed E-state index contributed by atoms with van der Waals surface area (Å²) in [5.74, 6) is 0.487. The molecule has 0 saturated carbocycles. The first-order valence-corrected chi connectivity index (χ1v) is 6.96. The molecule has 2 N–H and O–H groups in total. The molecule has 0 fully saturated rings. The number of rotatable bonds is 8. The van der Waals surface area contributed by atoms with Gasteiger partial charge in [-0.25, -0.2) is 4.79 Å². The molecule has 0 bridgehead atoms. The third kappa shape index (κ3) is 7.20. The van der Waals surface area contributed by atoms with Crippen LogP contribution < -0.4 is 15.4 Å². The molecule has 0 aliphatic rings. The molecular formula is C15H22N2O4. The molecule has 0 unspecified atom stereocenters. The number of amides is 2. The topological polar surface area (TPSA) is 76.7 Å². The van der Waals surface area contributed by atoms with E-state index < -0.39 is 0 Å². The summed E-state index contributed by atoms with van der Waals surface area (Å²) in [4.78, 5) is 22.6. The molecule has 0 aliphatic carbocycles. The molecular weight excluding hydrogens is 272 g/mol. The van der Waals surface area contributed by atoms with Crippen molar-refractivity contribution in [2.45, 2.75) is 19.8 Å². The zero-order valence-electron chi connectivity index (χ0n) is 12.5. The van der Waals surface area contributed by atoms with Crippen LogP contribution in [0.4, 0.5) is 4.79 Å². The Morgan fingerprint density at radius 1 is 1.19 bits per heavy atom. The molecule has 6 nitrogen and oxygen atoms in total. The van der Waals surface area contributed by atoms with Crippen LogP contribution in [0.2, 0.25) is 0 Å². The van der Waals surface area contributed by atoms with Gasteiger partial charge in [-0.15, -0.1) is 0 Å². The van der Waals surface area contributed by atoms with Crippen LogP contribution in [0.15, 0.2) is 24.3 Å². The van der Waals surface area contributed by atoms with E-state index in [-0.39, 0.29) is 25.0 Å². The highest BCUT2D eigenvalue weighted by molar-refractivity contribution is 5.75. The highest BCUT2D eigenvalue weighted by atomic mass is 16.5. The first-order valence-electron chi connectivity index (χ1n) is 6.96. The predicted octanol–water partition coefficient (Wildman–Crippen LogP) is 1.49. The van der Waals surface area contributed by atoms with Crippen molar-refractivity contribution in [3.8, 4) is 5.75 Å². The van der Waals surface area contributed by atoms with Gasteiger partial charge in [0, 0.05) is 13.1 Å². The Morgan fingerprint density at radius 3 is 2.67 bits per heavy atom. The Labute approximate surface area is 124 Å². The van der Waals surface area contributed by atoms with Gasteiger partial charge in [0.25, 0.3) is 0 Å².